The molecule has 0 spiro atoms. The first-order valence-electron chi connectivity index (χ1n) is 8.12. The van der Waals surface area contributed by atoms with Gasteiger partial charge < -0.3 is 13.9 Å². The first-order valence-corrected chi connectivity index (χ1v) is 14.8. The quantitative estimate of drug-likeness (QED) is 0.358. The van der Waals surface area contributed by atoms with Gasteiger partial charge in [-0.15, -0.1) is 0 Å². The second kappa shape index (κ2) is 10.4. The van der Waals surface area contributed by atoms with Gasteiger partial charge in [-0.3, -0.25) is 0 Å². The van der Waals surface area contributed by atoms with E-state index in [2.05, 4.69) is 19.9 Å². The summed E-state index contributed by atoms with van der Waals surface area (Å²) >= 11 is 6.64. The van der Waals surface area contributed by atoms with E-state index in [9.17, 15) is 9.13 Å². The molecule has 0 saturated heterocycles. The Bertz CT molecular complexity index is 548. The molecule has 0 fully saturated rings. The van der Waals surface area contributed by atoms with Gasteiger partial charge in [0.15, 0.2) is 0 Å². The van der Waals surface area contributed by atoms with Gasteiger partial charge in [-0.25, -0.2) is 0 Å². The van der Waals surface area contributed by atoms with Crippen LogP contribution >= 0.6 is 38.3 Å². The Labute approximate surface area is 157 Å². The second-order valence-electron chi connectivity index (χ2n) is 7.34. The highest BCUT2D eigenvalue weighted by Gasteiger charge is 2.33. The van der Waals surface area contributed by atoms with E-state index in [1.807, 2.05) is 6.92 Å². The van der Waals surface area contributed by atoms with Crippen molar-refractivity contribution in [3.63, 3.8) is 0 Å². The third kappa shape index (κ3) is 9.62. The van der Waals surface area contributed by atoms with E-state index < -0.39 is 14.3 Å². The van der Waals surface area contributed by atoms with Crippen LogP contribution in [0.5, 0.6) is 0 Å². The predicted octanol–water partition coefficient (Wildman–Crippen LogP) is 5.70. The van der Waals surface area contributed by atoms with Crippen LogP contribution in [0.4, 0.5) is 0 Å². The lowest BCUT2D eigenvalue weighted by Crippen LogP contribution is -2.21. The molecule has 3 atom stereocenters. The molecule has 0 N–H and O–H groups in total. The van der Waals surface area contributed by atoms with Crippen molar-refractivity contribution in [3.05, 3.63) is 0 Å². The molecule has 8 heteroatoms. The standard InChI is InChI=1S/C16H31NO3P2S2/c1-12(2)13(3)20-16(23)24-15(22(6,7)19)11-14(9-8-10-17)21(4,5)18/h12-15H,8-9,11H2,1-7H3. The van der Waals surface area contributed by atoms with Crippen LogP contribution in [-0.4, -0.2) is 47.8 Å². The molecule has 24 heavy (non-hydrogen) atoms. The third-order valence-corrected chi connectivity index (χ3v) is 10.9. The number of ether oxygens (including phenoxy) is 1. The van der Waals surface area contributed by atoms with Crippen LogP contribution in [-0.2, 0) is 13.9 Å². The zero-order valence-electron chi connectivity index (χ0n) is 15.8. The van der Waals surface area contributed by atoms with Crippen LogP contribution in [0.2, 0.25) is 0 Å². The summed E-state index contributed by atoms with van der Waals surface area (Å²) in [6.07, 6.45) is 1.45. The van der Waals surface area contributed by atoms with Gasteiger partial charge in [0.1, 0.15) is 0 Å². The van der Waals surface area contributed by atoms with Crippen LogP contribution in [0.3, 0.4) is 0 Å². The van der Waals surface area contributed by atoms with E-state index in [0.717, 1.165) is 0 Å². The predicted molar refractivity (Wildman–Crippen MR) is 112 cm³/mol. The molecular weight excluding hydrogens is 380 g/mol. The van der Waals surface area contributed by atoms with E-state index in [-0.39, 0.29) is 16.8 Å². The Morgan fingerprint density at radius 1 is 1.17 bits per heavy atom. The minimum absolute atomic E-state index is 0.00316. The van der Waals surface area contributed by atoms with Gasteiger partial charge in [0.25, 0.3) is 0 Å². The van der Waals surface area contributed by atoms with Crippen molar-refractivity contribution >= 4 is 42.6 Å². The van der Waals surface area contributed by atoms with Crippen molar-refractivity contribution in [2.24, 2.45) is 5.92 Å². The average molecular weight is 412 g/mol. The molecule has 0 aliphatic rings. The molecule has 0 heterocycles. The molecule has 3 unspecified atom stereocenters. The lowest BCUT2D eigenvalue weighted by Gasteiger charge is -2.29. The highest BCUT2D eigenvalue weighted by atomic mass is 32.2. The molecule has 0 amide bonds. The number of thioether (sulfide) groups is 1. The van der Waals surface area contributed by atoms with Crippen LogP contribution in [0, 0.1) is 17.2 Å². The fourth-order valence-electron chi connectivity index (χ4n) is 2.00. The van der Waals surface area contributed by atoms with Crippen LogP contribution in [0.1, 0.15) is 40.0 Å². The Morgan fingerprint density at radius 2 is 1.71 bits per heavy atom. The Hall–Kier alpha value is 0.190. The lowest BCUT2D eigenvalue weighted by molar-refractivity contribution is 0.168. The van der Waals surface area contributed by atoms with Gasteiger partial charge in [-0.05, 0) is 64.6 Å². The summed E-state index contributed by atoms with van der Waals surface area (Å²) in [6, 6.07) is 2.11. The maximum Gasteiger partial charge on any atom is 0.220 e. The zero-order valence-corrected chi connectivity index (χ0v) is 19.2. The zero-order chi connectivity index (χ0) is 19.1. The van der Waals surface area contributed by atoms with E-state index in [4.69, 9.17) is 22.2 Å². The minimum Gasteiger partial charge on any atom is -0.475 e. The van der Waals surface area contributed by atoms with E-state index in [1.165, 1.54) is 11.8 Å². The summed E-state index contributed by atoms with van der Waals surface area (Å²) in [7, 11) is -4.85. The van der Waals surface area contributed by atoms with E-state index in [1.54, 1.807) is 26.7 Å². The molecule has 0 bridgehead atoms. The largest absolute Gasteiger partial charge is 0.475 e. The first-order chi connectivity index (χ1) is 10.8. The van der Waals surface area contributed by atoms with Crippen molar-refractivity contribution in [1.82, 2.24) is 0 Å². The number of nitrogens with zero attached hydrogens (tertiary/aromatic N) is 1. The SMILES string of the molecule is CC(C)C(C)OC(=S)SC(CC(CCC#N)P(C)(C)=O)P(C)(C)=O. The van der Waals surface area contributed by atoms with E-state index >= 15 is 0 Å². The Balaban J connectivity index is 5.14. The normalized spacial score (nSPS) is 16.3. The number of thiocarbonyl (C=S) groups is 1. The molecule has 140 valence electrons. The second-order valence-corrected chi connectivity index (χ2v) is 16.6. The summed E-state index contributed by atoms with van der Waals surface area (Å²) in [5.41, 5.74) is -0.117. The van der Waals surface area contributed by atoms with Crippen molar-refractivity contribution in [3.8, 4) is 6.07 Å². The van der Waals surface area contributed by atoms with Crippen molar-refractivity contribution in [2.75, 3.05) is 26.7 Å². The van der Waals surface area contributed by atoms with Crippen LogP contribution in [0.15, 0.2) is 0 Å². The Kier molecular flexibility index (Phi) is 10.4. The van der Waals surface area contributed by atoms with Crippen molar-refractivity contribution in [2.45, 2.75) is 56.8 Å². The summed E-state index contributed by atoms with van der Waals surface area (Å²) in [5.74, 6) is 0.340. The summed E-state index contributed by atoms with van der Waals surface area (Å²) in [5, 5.41) is 8.83. The van der Waals surface area contributed by atoms with Crippen LogP contribution < -0.4 is 0 Å². The number of hydrogen-bond acceptors (Lipinski definition) is 6. The molecule has 0 aliphatic heterocycles. The molecule has 0 aromatic carbocycles. The summed E-state index contributed by atoms with van der Waals surface area (Å²) in [4.78, 5) is -0.235. The van der Waals surface area contributed by atoms with Gasteiger partial charge in [-0.1, -0.05) is 25.6 Å². The molecule has 0 aromatic rings. The van der Waals surface area contributed by atoms with Gasteiger partial charge in [-0.2, -0.15) is 5.26 Å². The van der Waals surface area contributed by atoms with Crippen LogP contribution in [0.25, 0.3) is 0 Å². The van der Waals surface area contributed by atoms with Gasteiger partial charge in [0.05, 0.1) is 31.4 Å². The fourth-order valence-corrected chi connectivity index (χ4v) is 7.32. The highest BCUT2D eigenvalue weighted by molar-refractivity contribution is 8.26. The van der Waals surface area contributed by atoms with Gasteiger partial charge in [0, 0.05) is 12.1 Å². The molecule has 0 rings (SSSR count). The Morgan fingerprint density at radius 3 is 2.08 bits per heavy atom. The van der Waals surface area contributed by atoms with Crippen molar-refractivity contribution in [1.29, 1.82) is 5.26 Å². The monoisotopic (exact) mass is 411 g/mol. The summed E-state index contributed by atoms with van der Waals surface area (Å²) in [6.45, 7) is 13.0. The molecular formula is C16H31NO3P2S2. The van der Waals surface area contributed by atoms with E-state index in [0.29, 0.717) is 29.6 Å². The number of nitriles is 1. The fraction of sp³-hybridized carbons (Fsp3) is 0.875. The lowest BCUT2D eigenvalue weighted by atomic mass is 10.1. The minimum atomic E-state index is -2.46. The molecule has 0 aromatic heterocycles. The molecule has 0 saturated carbocycles. The molecule has 0 radical (unpaired) electrons. The number of hydrogen-bond donors (Lipinski definition) is 0. The highest BCUT2D eigenvalue weighted by Crippen LogP contribution is 2.56. The van der Waals surface area contributed by atoms with Gasteiger partial charge >= 0.3 is 0 Å². The maximum absolute atomic E-state index is 12.7. The molecule has 0 aliphatic carbocycles. The third-order valence-electron chi connectivity index (χ3n) is 4.09. The summed E-state index contributed by atoms with van der Waals surface area (Å²) < 4.78 is 31.4. The van der Waals surface area contributed by atoms with Crippen molar-refractivity contribution < 1.29 is 13.9 Å². The van der Waals surface area contributed by atoms with Gasteiger partial charge in [0.2, 0.25) is 4.38 Å². The topological polar surface area (TPSA) is 67.2 Å². The smallest absolute Gasteiger partial charge is 0.220 e. The maximum atomic E-state index is 12.7. The molecule has 4 nitrogen and oxygen atoms in total. The average Bonchev–Trinajstić information content (AvgIpc) is 2.39. The number of rotatable bonds is 9. The first kappa shape index (κ1) is 24.2.